The van der Waals surface area contributed by atoms with E-state index < -0.39 is 0 Å². The summed E-state index contributed by atoms with van der Waals surface area (Å²) in [4.78, 5) is 9.07. The summed E-state index contributed by atoms with van der Waals surface area (Å²) in [6.45, 7) is 0. The molecule has 0 saturated carbocycles. The van der Waals surface area contributed by atoms with E-state index in [-0.39, 0.29) is 5.75 Å². The summed E-state index contributed by atoms with van der Waals surface area (Å²) >= 11 is 1.51. The highest BCUT2D eigenvalue weighted by molar-refractivity contribution is 7.98. The summed E-state index contributed by atoms with van der Waals surface area (Å²) in [7, 11) is 0. The van der Waals surface area contributed by atoms with E-state index in [9.17, 15) is 5.11 Å². The zero-order valence-electron chi connectivity index (χ0n) is 9.00. The number of aromatic hydroxyl groups is 1. The second-order valence-corrected chi connectivity index (χ2v) is 4.31. The van der Waals surface area contributed by atoms with E-state index in [1.54, 1.807) is 24.5 Å². The van der Waals surface area contributed by atoms with Crippen molar-refractivity contribution in [1.29, 1.82) is 0 Å². The van der Waals surface area contributed by atoms with Crippen molar-refractivity contribution in [3.8, 4) is 5.75 Å². The predicted molar refractivity (Wildman–Crippen MR) is 67.5 cm³/mol. The quantitative estimate of drug-likeness (QED) is 0.434. The van der Waals surface area contributed by atoms with Crippen LogP contribution in [0.1, 0.15) is 5.69 Å². The van der Waals surface area contributed by atoms with Crippen LogP contribution in [0.5, 0.6) is 5.75 Å². The third-order valence-electron chi connectivity index (χ3n) is 2.09. The average molecular weight is 248 g/mol. The minimum atomic E-state index is 0.283. The van der Waals surface area contributed by atoms with Gasteiger partial charge in [0, 0.05) is 10.6 Å². The Balaban J connectivity index is 2.00. The van der Waals surface area contributed by atoms with Gasteiger partial charge >= 0.3 is 0 Å². The van der Waals surface area contributed by atoms with Gasteiger partial charge in [-0.05, 0) is 12.1 Å². The molecule has 2 aromatic rings. The van der Waals surface area contributed by atoms with Gasteiger partial charge < -0.3 is 10.5 Å². The number of hydrazine groups is 1. The van der Waals surface area contributed by atoms with Crippen molar-refractivity contribution in [1.82, 2.24) is 9.97 Å². The molecule has 0 radical (unpaired) electrons. The maximum Gasteiger partial charge on any atom is 0.158 e. The lowest BCUT2D eigenvalue weighted by molar-refractivity contribution is 0.462. The molecule has 0 bridgehead atoms. The second kappa shape index (κ2) is 5.51. The predicted octanol–water partition coefficient (Wildman–Crippen LogP) is 1.76. The third-order valence-corrected chi connectivity index (χ3v) is 3.19. The van der Waals surface area contributed by atoms with Crippen molar-refractivity contribution in [2.24, 2.45) is 5.84 Å². The van der Waals surface area contributed by atoms with Crippen molar-refractivity contribution in [3.05, 3.63) is 42.4 Å². The molecule has 6 heteroatoms. The lowest BCUT2D eigenvalue weighted by atomic mass is 10.3. The molecular weight excluding hydrogens is 236 g/mol. The van der Waals surface area contributed by atoms with Crippen molar-refractivity contribution in [3.63, 3.8) is 0 Å². The molecule has 0 amide bonds. The standard InChI is InChI=1S/C11H12N4OS/c12-15-11-6-13-8(5-14-11)7-17-10-4-2-1-3-9(10)16/h1-6,16H,7,12H2,(H,14,15). The Labute approximate surface area is 103 Å². The number of anilines is 1. The molecule has 1 heterocycles. The van der Waals surface area contributed by atoms with Crippen LogP contribution in [0.25, 0.3) is 0 Å². The van der Waals surface area contributed by atoms with E-state index in [1.165, 1.54) is 11.8 Å². The Morgan fingerprint density at radius 3 is 2.71 bits per heavy atom. The van der Waals surface area contributed by atoms with Gasteiger partial charge in [0.05, 0.1) is 18.1 Å². The Morgan fingerprint density at radius 1 is 1.24 bits per heavy atom. The summed E-state index contributed by atoms with van der Waals surface area (Å²) in [5, 5.41) is 9.59. The highest BCUT2D eigenvalue weighted by Crippen LogP contribution is 2.29. The van der Waals surface area contributed by atoms with E-state index in [1.807, 2.05) is 12.1 Å². The first-order valence-corrected chi connectivity index (χ1v) is 5.96. The summed E-state index contributed by atoms with van der Waals surface area (Å²) < 4.78 is 0. The smallest absolute Gasteiger partial charge is 0.158 e. The highest BCUT2D eigenvalue weighted by Gasteiger charge is 2.02. The van der Waals surface area contributed by atoms with E-state index in [4.69, 9.17) is 5.84 Å². The molecule has 0 aliphatic carbocycles. The van der Waals surface area contributed by atoms with E-state index in [0.717, 1.165) is 10.6 Å². The molecule has 1 aromatic carbocycles. The van der Waals surface area contributed by atoms with Gasteiger partial charge in [0.1, 0.15) is 5.75 Å². The van der Waals surface area contributed by atoms with Crippen LogP contribution in [0.2, 0.25) is 0 Å². The van der Waals surface area contributed by atoms with Crippen molar-refractivity contribution >= 4 is 17.6 Å². The molecule has 0 fully saturated rings. The number of benzene rings is 1. The van der Waals surface area contributed by atoms with E-state index in [0.29, 0.717) is 11.6 Å². The molecule has 0 aliphatic heterocycles. The number of aromatic nitrogens is 2. The number of nitrogens with one attached hydrogen (secondary N) is 1. The van der Waals surface area contributed by atoms with E-state index >= 15 is 0 Å². The largest absolute Gasteiger partial charge is 0.507 e. The summed E-state index contributed by atoms with van der Waals surface area (Å²) in [6.07, 6.45) is 3.23. The van der Waals surface area contributed by atoms with Gasteiger partial charge in [0.25, 0.3) is 0 Å². The lowest BCUT2D eigenvalue weighted by Crippen LogP contribution is -2.08. The number of hydrogen-bond acceptors (Lipinski definition) is 6. The zero-order valence-corrected chi connectivity index (χ0v) is 9.81. The lowest BCUT2D eigenvalue weighted by Gasteiger charge is -2.04. The monoisotopic (exact) mass is 248 g/mol. The number of phenols is 1. The van der Waals surface area contributed by atoms with Gasteiger partial charge in [-0.15, -0.1) is 11.8 Å². The molecule has 0 atom stereocenters. The molecule has 1 aromatic heterocycles. The number of rotatable bonds is 4. The maximum absolute atomic E-state index is 9.59. The Morgan fingerprint density at radius 2 is 2.06 bits per heavy atom. The zero-order chi connectivity index (χ0) is 12.1. The molecule has 4 N–H and O–H groups in total. The first kappa shape index (κ1) is 11.7. The van der Waals surface area contributed by atoms with Crippen LogP contribution >= 0.6 is 11.8 Å². The molecule has 0 spiro atoms. The van der Waals surface area contributed by atoms with Gasteiger partial charge in [-0.2, -0.15) is 0 Å². The van der Waals surface area contributed by atoms with E-state index in [2.05, 4.69) is 15.4 Å². The Kier molecular flexibility index (Phi) is 3.79. The summed E-state index contributed by atoms with van der Waals surface area (Å²) in [6, 6.07) is 7.20. The highest BCUT2D eigenvalue weighted by atomic mass is 32.2. The number of para-hydroxylation sites is 1. The van der Waals surface area contributed by atoms with Gasteiger partial charge in [-0.25, -0.2) is 10.8 Å². The first-order chi connectivity index (χ1) is 8.29. The fourth-order valence-electron chi connectivity index (χ4n) is 1.23. The van der Waals surface area contributed by atoms with Crippen molar-refractivity contribution < 1.29 is 5.11 Å². The fourth-order valence-corrected chi connectivity index (χ4v) is 2.08. The Hall–Kier alpha value is -1.79. The van der Waals surface area contributed by atoms with Crippen LogP contribution in [0.3, 0.4) is 0 Å². The number of phenolic OH excluding ortho intramolecular Hbond substituents is 1. The van der Waals surface area contributed by atoms with Crippen LogP contribution in [-0.2, 0) is 5.75 Å². The number of nitrogens with zero attached hydrogens (tertiary/aromatic N) is 2. The van der Waals surface area contributed by atoms with Crippen LogP contribution in [0.4, 0.5) is 5.82 Å². The van der Waals surface area contributed by atoms with Gasteiger partial charge in [-0.1, -0.05) is 12.1 Å². The number of nitrogens with two attached hydrogens (primary N) is 1. The SMILES string of the molecule is NNc1cnc(CSc2ccccc2O)cn1. The number of hydrogen-bond donors (Lipinski definition) is 3. The number of nitrogen functional groups attached to an aromatic ring is 1. The average Bonchev–Trinajstić information content (AvgIpc) is 2.38. The Bertz CT molecular complexity index is 489. The van der Waals surface area contributed by atoms with Gasteiger partial charge in [0.2, 0.25) is 0 Å². The molecular formula is C11H12N4OS. The van der Waals surface area contributed by atoms with Crippen LogP contribution in [-0.4, -0.2) is 15.1 Å². The van der Waals surface area contributed by atoms with Crippen LogP contribution in [0.15, 0.2) is 41.6 Å². The summed E-state index contributed by atoms with van der Waals surface area (Å²) in [5.74, 6) is 6.65. The van der Waals surface area contributed by atoms with Crippen molar-refractivity contribution in [2.45, 2.75) is 10.6 Å². The van der Waals surface area contributed by atoms with Gasteiger partial charge in [0.15, 0.2) is 5.82 Å². The number of thioether (sulfide) groups is 1. The molecule has 17 heavy (non-hydrogen) atoms. The second-order valence-electron chi connectivity index (χ2n) is 3.29. The molecule has 0 unspecified atom stereocenters. The minimum absolute atomic E-state index is 0.283. The minimum Gasteiger partial charge on any atom is -0.507 e. The first-order valence-electron chi connectivity index (χ1n) is 4.98. The molecule has 0 aliphatic rings. The molecule has 88 valence electrons. The van der Waals surface area contributed by atoms with Crippen molar-refractivity contribution in [2.75, 3.05) is 5.43 Å². The normalized spacial score (nSPS) is 10.2. The van der Waals surface area contributed by atoms with Crippen LogP contribution in [0, 0.1) is 0 Å². The third kappa shape index (κ3) is 3.08. The topological polar surface area (TPSA) is 84.1 Å². The fraction of sp³-hybridized carbons (Fsp3) is 0.0909. The molecule has 0 saturated heterocycles. The molecule has 5 nitrogen and oxygen atoms in total. The van der Waals surface area contributed by atoms with Crippen LogP contribution < -0.4 is 11.3 Å². The molecule has 2 rings (SSSR count). The summed E-state index contributed by atoms with van der Waals surface area (Å²) in [5.41, 5.74) is 3.25. The maximum atomic E-state index is 9.59. The van der Waals surface area contributed by atoms with Gasteiger partial charge in [-0.3, -0.25) is 4.98 Å².